The highest BCUT2D eigenvalue weighted by molar-refractivity contribution is 5.70. The summed E-state index contributed by atoms with van der Waals surface area (Å²) in [5.41, 5.74) is 0. The molecule has 1 N–H and O–H groups in total. The Morgan fingerprint density at radius 3 is 0.982 bits per heavy atom. The van der Waals surface area contributed by atoms with Gasteiger partial charge in [0, 0.05) is 12.8 Å². The lowest BCUT2D eigenvalue weighted by molar-refractivity contribution is -0.161. The van der Waals surface area contributed by atoms with Crippen LogP contribution in [0.15, 0.2) is 12.2 Å². The predicted octanol–water partition coefficient (Wildman–Crippen LogP) is 16.0. The highest BCUT2D eigenvalue weighted by Gasteiger charge is 2.16. The smallest absolute Gasteiger partial charge is 0.306 e. The lowest BCUT2D eigenvalue weighted by atomic mass is 10.0. The van der Waals surface area contributed by atoms with Gasteiger partial charge in [0.1, 0.15) is 6.61 Å². The normalized spacial score (nSPS) is 12.1. The van der Waals surface area contributed by atoms with Crippen molar-refractivity contribution < 1.29 is 24.2 Å². The molecule has 0 rings (SSSR count). The van der Waals surface area contributed by atoms with Gasteiger partial charge in [0.25, 0.3) is 0 Å². The molecule has 0 saturated heterocycles. The molecule has 1 atom stereocenters. The molecule has 0 aliphatic rings. The molecule has 0 aliphatic carbocycles. The van der Waals surface area contributed by atoms with Gasteiger partial charge in [-0.1, -0.05) is 238 Å². The van der Waals surface area contributed by atoms with Gasteiger partial charge in [0.2, 0.25) is 0 Å². The fourth-order valence-corrected chi connectivity index (χ4v) is 7.55. The Morgan fingerprint density at radius 2 is 0.673 bits per heavy atom. The first kappa shape index (κ1) is 53.6. The lowest BCUT2D eigenvalue weighted by Crippen LogP contribution is -2.28. The van der Waals surface area contributed by atoms with Gasteiger partial charge >= 0.3 is 11.9 Å². The van der Waals surface area contributed by atoms with E-state index in [0.29, 0.717) is 12.8 Å². The van der Waals surface area contributed by atoms with Crippen LogP contribution in [-0.4, -0.2) is 36.4 Å². The van der Waals surface area contributed by atoms with Crippen molar-refractivity contribution in [1.29, 1.82) is 0 Å². The molecule has 1 unspecified atom stereocenters. The molecule has 0 aromatic heterocycles. The van der Waals surface area contributed by atoms with E-state index < -0.39 is 6.10 Å². The molecular weight excluding hydrogens is 681 g/mol. The van der Waals surface area contributed by atoms with Crippen LogP contribution >= 0.6 is 0 Å². The summed E-state index contributed by atoms with van der Waals surface area (Å²) in [6.45, 7) is 4.18. The van der Waals surface area contributed by atoms with Gasteiger partial charge in [-0.3, -0.25) is 9.59 Å². The van der Waals surface area contributed by atoms with Gasteiger partial charge < -0.3 is 14.6 Å². The maximum atomic E-state index is 12.2. The number of aliphatic hydroxyl groups excluding tert-OH is 1. The Kier molecular flexibility index (Phi) is 45.9. The summed E-state index contributed by atoms with van der Waals surface area (Å²) in [6.07, 6.45) is 55.9. The molecule has 0 bridgehead atoms. The molecular formula is C50H96O5. The van der Waals surface area contributed by atoms with Crippen molar-refractivity contribution in [3.63, 3.8) is 0 Å². The van der Waals surface area contributed by atoms with E-state index in [4.69, 9.17) is 9.47 Å². The zero-order valence-electron chi connectivity index (χ0n) is 37.2. The summed E-state index contributed by atoms with van der Waals surface area (Å²) >= 11 is 0. The van der Waals surface area contributed by atoms with Crippen molar-refractivity contribution in [3.05, 3.63) is 12.2 Å². The molecule has 0 spiro atoms. The largest absolute Gasteiger partial charge is 0.462 e. The maximum Gasteiger partial charge on any atom is 0.306 e. The third-order valence-corrected chi connectivity index (χ3v) is 11.3. The van der Waals surface area contributed by atoms with E-state index in [1.54, 1.807) is 0 Å². The highest BCUT2D eigenvalue weighted by atomic mass is 16.6. The number of unbranched alkanes of at least 4 members (excludes halogenated alkanes) is 36. The van der Waals surface area contributed by atoms with Gasteiger partial charge in [-0.05, 0) is 38.5 Å². The summed E-state index contributed by atoms with van der Waals surface area (Å²) in [5.74, 6) is -0.578. The molecule has 5 nitrogen and oxygen atoms in total. The Labute approximate surface area is 343 Å². The quantitative estimate of drug-likeness (QED) is 0.0379. The number of carbonyl (C=O) groups is 2. The minimum Gasteiger partial charge on any atom is -0.462 e. The summed E-state index contributed by atoms with van der Waals surface area (Å²) in [6, 6.07) is 0. The molecule has 326 valence electrons. The Balaban J connectivity index is 3.45. The van der Waals surface area contributed by atoms with Crippen molar-refractivity contribution in [1.82, 2.24) is 0 Å². The lowest BCUT2D eigenvalue weighted by Gasteiger charge is -2.15. The SMILES string of the molecule is CCCCCCCCC/C=C\CCCCCCCCCC(=O)OC(CO)COC(=O)CCCCCCCCCCCCCCCCCCCCCCCCC. The van der Waals surface area contributed by atoms with Crippen molar-refractivity contribution in [3.8, 4) is 0 Å². The standard InChI is InChI=1S/C50H96O5/c1-3-5-7-9-11-13-15-17-19-21-23-24-25-26-27-29-30-32-34-36-38-40-42-44-49(52)54-47-48(46-51)55-50(53)45-43-41-39-37-35-33-31-28-22-20-18-16-14-12-10-8-6-4-2/h20,22,48,51H,3-19,21,23-47H2,1-2H3/b22-20-. The molecule has 5 heteroatoms. The van der Waals surface area contributed by atoms with E-state index in [-0.39, 0.29) is 25.2 Å². The van der Waals surface area contributed by atoms with E-state index >= 15 is 0 Å². The molecule has 0 fully saturated rings. The van der Waals surface area contributed by atoms with E-state index in [9.17, 15) is 14.7 Å². The van der Waals surface area contributed by atoms with Gasteiger partial charge in [-0.15, -0.1) is 0 Å². The van der Waals surface area contributed by atoms with E-state index in [1.807, 2.05) is 0 Å². The Morgan fingerprint density at radius 1 is 0.400 bits per heavy atom. The fourth-order valence-electron chi connectivity index (χ4n) is 7.55. The average Bonchev–Trinajstić information content (AvgIpc) is 3.19. The van der Waals surface area contributed by atoms with E-state index in [1.165, 1.54) is 218 Å². The number of carbonyl (C=O) groups excluding carboxylic acids is 2. The number of hydrogen-bond acceptors (Lipinski definition) is 5. The van der Waals surface area contributed by atoms with Crippen LogP contribution in [0.2, 0.25) is 0 Å². The van der Waals surface area contributed by atoms with Gasteiger partial charge in [-0.25, -0.2) is 0 Å². The zero-order chi connectivity index (χ0) is 40.0. The van der Waals surface area contributed by atoms with Crippen molar-refractivity contribution in [2.45, 2.75) is 283 Å². The summed E-state index contributed by atoms with van der Waals surface area (Å²) in [7, 11) is 0. The molecule has 0 heterocycles. The zero-order valence-corrected chi connectivity index (χ0v) is 37.2. The number of allylic oxidation sites excluding steroid dienone is 2. The van der Waals surface area contributed by atoms with Crippen LogP contribution in [0.5, 0.6) is 0 Å². The van der Waals surface area contributed by atoms with Gasteiger partial charge in [0.05, 0.1) is 6.61 Å². The third-order valence-electron chi connectivity index (χ3n) is 11.3. The fraction of sp³-hybridized carbons (Fsp3) is 0.920. The number of rotatable bonds is 46. The molecule has 0 aliphatic heterocycles. The van der Waals surface area contributed by atoms with E-state index in [0.717, 1.165) is 32.1 Å². The first-order valence-corrected chi connectivity index (χ1v) is 24.7. The maximum absolute atomic E-state index is 12.2. The first-order valence-electron chi connectivity index (χ1n) is 24.7. The Hall–Kier alpha value is -1.36. The number of hydrogen-bond donors (Lipinski definition) is 1. The van der Waals surface area contributed by atoms with Gasteiger partial charge in [0.15, 0.2) is 6.10 Å². The summed E-state index contributed by atoms with van der Waals surface area (Å²) < 4.78 is 10.7. The van der Waals surface area contributed by atoms with E-state index in [2.05, 4.69) is 26.0 Å². The molecule has 0 amide bonds. The number of esters is 2. The van der Waals surface area contributed by atoms with Crippen LogP contribution in [-0.2, 0) is 19.1 Å². The van der Waals surface area contributed by atoms with Crippen molar-refractivity contribution in [2.24, 2.45) is 0 Å². The minimum atomic E-state index is -0.768. The third kappa shape index (κ3) is 45.2. The number of aliphatic hydroxyl groups is 1. The monoisotopic (exact) mass is 777 g/mol. The second-order valence-corrected chi connectivity index (χ2v) is 16.9. The summed E-state index contributed by atoms with van der Waals surface area (Å²) in [5, 5.41) is 9.61. The van der Waals surface area contributed by atoms with Gasteiger partial charge in [-0.2, -0.15) is 0 Å². The van der Waals surface area contributed by atoms with Crippen LogP contribution in [0.25, 0.3) is 0 Å². The first-order chi connectivity index (χ1) is 27.1. The number of ether oxygens (including phenoxy) is 2. The molecule has 0 aromatic rings. The second kappa shape index (κ2) is 47.0. The Bertz CT molecular complexity index is 795. The van der Waals surface area contributed by atoms with Crippen LogP contribution in [0.4, 0.5) is 0 Å². The molecule has 0 radical (unpaired) electrons. The average molecular weight is 777 g/mol. The van der Waals surface area contributed by atoms with Crippen LogP contribution in [0, 0.1) is 0 Å². The van der Waals surface area contributed by atoms with Crippen LogP contribution < -0.4 is 0 Å². The minimum absolute atomic E-state index is 0.0608. The topological polar surface area (TPSA) is 72.8 Å². The van der Waals surface area contributed by atoms with Crippen LogP contribution in [0.3, 0.4) is 0 Å². The second-order valence-electron chi connectivity index (χ2n) is 16.9. The molecule has 55 heavy (non-hydrogen) atoms. The highest BCUT2D eigenvalue weighted by Crippen LogP contribution is 2.17. The van der Waals surface area contributed by atoms with Crippen molar-refractivity contribution in [2.75, 3.05) is 13.2 Å². The van der Waals surface area contributed by atoms with Crippen LogP contribution in [0.1, 0.15) is 277 Å². The molecule has 0 saturated carbocycles. The predicted molar refractivity (Wildman–Crippen MR) is 238 cm³/mol. The summed E-state index contributed by atoms with van der Waals surface area (Å²) in [4.78, 5) is 24.4. The molecule has 0 aromatic carbocycles. The van der Waals surface area contributed by atoms with Crippen molar-refractivity contribution >= 4 is 11.9 Å².